The van der Waals surface area contributed by atoms with Gasteiger partial charge in [0.15, 0.2) is 5.11 Å². The average Bonchev–Trinajstić information content (AvgIpc) is 2.40. The molecule has 0 spiro atoms. The fourth-order valence-corrected chi connectivity index (χ4v) is 1.79. The van der Waals surface area contributed by atoms with Gasteiger partial charge in [-0.2, -0.15) is 0 Å². The minimum absolute atomic E-state index is 0.500. The molecule has 0 aliphatic heterocycles. The van der Waals surface area contributed by atoms with Crippen LogP contribution in [-0.4, -0.2) is 5.11 Å². The zero-order chi connectivity index (χ0) is 13.5. The van der Waals surface area contributed by atoms with E-state index in [1.807, 2.05) is 60.7 Å². The lowest BCUT2D eigenvalue weighted by Crippen LogP contribution is -2.30. The highest BCUT2D eigenvalue weighted by atomic mass is 32.1. The summed E-state index contributed by atoms with van der Waals surface area (Å²) in [6.45, 7) is 3.88. The molecule has 3 N–H and O–H groups in total. The van der Waals surface area contributed by atoms with Crippen LogP contribution in [0.4, 0.5) is 11.4 Å². The van der Waals surface area contributed by atoms with E-state index in [4.69, 9.17) is 12.2 Å². The molecule has 2 aromatic rings. The first-order valence-electron chi connectivity index (χ1n) is 5.88. The van der Waals surface area contributed by atoms with E-state index in [-0.39, 0.29) is 0 Å². The Kier molecular flexibility index (Phi) is 4.53. The SMILES string of the molecule is C=C(NC(=S)Nc1ccccc1)Nc1ccccc1. The fourth-order valence-electron chi connectivity index (χ4n) is 1.55. The highest BCUT2D eigenvalue weighted by Gasteiger charge is 1.99. The third-order valence-electron chi connectivity index (χ3n) is 2.37. The maximum absolute atomic E-state index is 5.21. The predicted octanol–water partition coefficient (Wildman–Crippen LogP) is 3.56. The molecule has 0 aliphatic rings. The van der Waals surface area contributed by atoms with Crippen LogP contribution in [0.25, 0.3) is 0 Å². The van der Waals surface area contributed by atoms with Crippen LogP contribution in [-0.2, 0) is 0 Å². The molecule has 96 valence electrons. The van der Waals surface area contributed by atoms with E-state index < -0.39 is 0 Å². The second-order valence-electron chi connectivity index (χ2n) is 3.91. The van der Waals surface area contributed by atoms with Crippen molar-refractivity contribution in [1.29, 1.82) is 0 Å². The molecule has 2 rings (SSSR count). The Morgan fingerprint density at radius 1 is 0.789 bits per heavy atom. The molecular weight excluding hydrogens is 254 g/mol. The number of rotatable bonds is 4. The number of hydrogen-bond acceptors (Lipinski definition) is 2. The van der Waals surface area contributed by atoms with Crippen molar-refractivity contribution in [2.45, 2.75) is 0 Å². The Morgan fingerprint density at radius 2 is 1.26 bits per heavy atom. The van der Waals surface area contributed by atoms with Gasteiger partial charge in [0, 0.05) is 11.4 Å². The van der Waals surface area contributed by atoms with Crippen molar-refractivity contribution in [2.24, 2.45) is 0 Å². The van der Waals surface area contributed by atoms with E-state index in [2.05, 4.69) is 22.5 Å². The molecule has 0 radical (unpaired) electrons. The van der Waals surface area contributed by atoms with Crippen molar-refractivity contribution < 1.29 is 0 Å². The predicted molar refractivity (Wildman–Crippen MR) is 85.0 cm³/mol. The first-order chi connectivity index (χ1) is 9.24. The molecule has 0 aromatic heterocycles. The number of benzene rings is 2. The van der Waals surface area contributed by atoms with Crippen LogP contribution in [0.3, 0.4) is 0 Å². The largest absolute Gasteiger partial charge is 0.342 e. The quantitative estimate of drug-likeness (QED) is 0.742. The third kappa shape index (κ3) is 4.44. The minimum Gasteiger partial charge on any atom is -0.342 e. The fraction of sp³-hybridized carbons (Fsp3) is 0. The standard InChI is InChI=1S/C15H15N3S/c1-12(16-13-8-4-2-5-9-13)17-15(19)18-14-10-6-3-7-11-14/h2-11,16H,1H2,(H2,17,18,19). The maximum atomic E-state index is 5.21. The van der Waals surface area contributed by atoms with Crippen molar-refractivity contribution in [1.82, 2.24) is 5.32 Å². The molecule has 0 atom stereocenters. The van der Waals surface area contributed by atoms with Gasteiger partial charge in [-0.25, -0.2) is 0 Å². The van der Waals surface area contributed by atoms with E-state index >= 15 is 0 Å². The molecule has 0 heterocycles. The molecule has 0 aliphatic carbocycles. The zero-order valence-electron chi connectivity index (χ0n) is 10.4. The lowest BCUT2D eigenvalue weighted by molar-refractivity contribution is 1.15. The Balaban J connectivity index is 1.84. The van der Waals surface area contributed by atoms with Crippen LogP contribution >= 0.6 is 12.2 Å². The van der Waals surface area contributed by atoms with Gasteiger partial charge in [0.1, 0.15) is 5.82 Å². The van der Waals surface area contributed by atoms with E-state index in [9.17, 15) is 0 Å². The normalized spacial score (nSPS) is 9.47. The Hall–Kier alpha value is -2.33. The molecule has 19 heavy (non-hydrogen) atoms. The highest BCUT2D eigenvalue weighted by Crippen LogP contribution is 2.07. The van der Waals surface area contributed by atoms with Crippen LogP contribution in [0, 0.1) is 0 Å². The molecule has 2 aromatic carbocycles. The summed E-state index contributed by atoms with van der Waals surface area (Å²) in [5.41, 5.74) is 1.90. The van der Waals surface area contributed by atoms with Gasteiger partial charge in [0.2, 0.25) is 0 Å². The average molecular weight is 269 g/mol. The summed E-state index contributed by atoms with van der Waals surface area (Å²) in [6.07, 6.45) is 0. The lowest BCUT2D eigenvalue weighted by Gasteiger charge is -2.14. The van der Waals surface area contributed by atoms with Gasteiger partial charge in [-0.15, -0.1) is 0 Å². The molecule has 3 nitrogen and oxygen atoms in total. The van der Waals surface area contributed by atoms with Gasteiger partial charge in [-0.3, -0.25) is 0 Å². The summed E-state index contributed by atoms with van der Waals surface area (Å²) in [5, 5.41) is 9.69. The van der Waals surface area contributed by atoms with Crippen molar-refractivity contribution in [3.05, 3.63) is 73.1 Å². The molecule has 0 bridgehead atoms. The second-order valence-corrected chi connectivity index (χ2v) is 4.32. The van der Waals surface area contributed by atoms with E-state index in [1.54, 1.807) is 0 Å². The molecule has 0 unspecified atom stereocenters. The molecule has 0 amide bonds. The van der Waals surface area contributed by atoms with E-state index in [0.717, 1.165) is 11.4 Å². The van der Waals surface area contributed by atoms with Crippen molar-refractivity contribution in [2.75, 3.05) is 10.6 Å². The first kappa shape index (κ1) is 13.1. The summed E-state index contributed by atoms with van der Waals surface area (Å²) in [7, 11) is 0. The number of thiocarbonyl (C=S) groups is 1. The van der Waals surface area contributed by atoms with Crippen molar-refractivity contribution in [3.8, 4) is 0 Å². The van der Waals surface area contributed by atoms with Gasteiger partial charge >= 0.3 is 0 Å². The highest BCUT2D eigenvalue weighted by molar-refractivity contribution is 7.80. The summed E-state index contributed by atoms with van der Waals surface area (Å²) in [4.78, 5) is 0. The lowest BCUT2D eigenvalue weighted by atomic mass is 10.3. The van der Waals surface area contributed by atoms with Crippen molar-refractivity contribution in [3.63, 3.8) is 0 Å². The van der Waals surface area contributed by atoms with Crippen LogP contribution in [0.5, 0.6) is 0 Å². The third-order valence-corrected chi connectivity index (χ3v) is 2.57. The minimum atomic E-state index is 0.500. The van der Waals surface area contributed by atoms with Crippen LogP contribution < -0.4 is 16.0 Å². The van der Waals surface area contributed by atoms with Crippen LogP contribution in [0.15, 0.2) is 73.1 Å². The Bertz CT molecular complexity index is 501. The van der Waals surface area contributed by atoms with Crippen LogP contribution in [0.1, 0.15) is 0 Å². The number of nitrogens with one attached hydrogen (secondary N) is 3. The van der Waals surface area contributed by atoms with Gasteiger partial charge in [-0.1, -0.05) is 43.0 Å². The summed E-state index contributed by atoms with van der Waals surface area (Å²) in [6, 6.07) is 19.5. The molecule has 0 saturated carbocycles. The molecule has 0 saturated heterocycles. The summed E-state index contributed by atoms with van der Waals surface area (Å²) >= 11 is 5.21. The number of anilines is 2. The Morgan fingerprint density at radius 3 is 1.79 bits per heavy atom. The smallest absolute Gasteiger partial charge is 0.176 e. The van der Waals surface area contributed by atoms with E-state index in [0.29, 0.717) is 10.9 Å². The summed E-state index contributed by atoms with van der Waals surface area (Å²) in [5.74, 6) is 0.625. The monoisotopic (exact) mass is 269 g/mol. The first-order valence-corrected chi connectivity index (χ1v) is 6.29. The van der Waals surface area contributed by atoms with Crippen molar-refractivity contribution >= 4 is 28.7 Å². The van der Waals surface area contributed by atoms with Crippen LogP contribution in [0.2, 0.25) is 0 Å². The molecular formula is C15H15N3S. The number of hydrogen-bond donors (Lipinski definition) is 3. The Labute approximate surface area is 118 Å². The number of para-hydroxylation sites is 2. The maximum Gasteiger partial charge on any atom is 0.176 e. The second kappa shape index (κ2) is 6.56. The topological polar surface area (TPSA) is 36.1 Å². The summed E-state index contributed by atoms with van der Waals surface area (Å²) < 4.78 is 0. The van der Waals surface area contributed by atoms with Gasteiger partial charge < -0.3 is 16.0 Å². The van der Waals surface area contributed by atoms with Gasteiger partial charge in [0.25, 0.3) is 0 Å². The molecule has 4 heteroatoms. The molecule has 0 fully saturated rings. The van der Waals surface area contributed by atoms with Gasteiger partial charge in [-0.05, 0) is 36.5 Å². The van der Waals surface area contributed by atoms with Gasteiger partial charge in [0.05, 0.1) is 0 Å². The zero-order valence-corrected chi connectivity index (χ0v) is 11.2. The van der Waals surface area contributed by atoms with E-state index in [1.165, 1.54) is 0 Å².